The molecule has 1 aliphatic rings. The van der Waals surface area contributed by atoms with Crippen LogP contribution in [0.1, 0.15) is 48.7 Å². The summed E-state index contributed by atoms with van der Waals surface area (Å²) in [5.41, 5.74) is 9.21. The standard InChI is InChI=1S/C14H18N4/c1-10(11-5-3-2-4-6-11)18-14(12-7-8-12)13(9-15)16-17-18/h2-6,10,12H,7-9,15H2,1H3. The van der Waals surface area contributed by atoms with E-state index in [4.69, 9.17) is 5.73 Å². The third-order valence-electron chi connectivity index (χ3n) is 3.61. The SMILES string of the molecule is CC(c1ccccc1)n1nnc(CN)c1C1CC1. The van der Waals surface area contributed by atoms with Gasteiger partial charge < -0.3 is 5.73 Å². The van der Waals surface area contributed by atoms with Crippen molar-refractivity contribution in [3.05, 3.63) is 47.3 Å². The largest absolute Gasteiger partial charge is 0.325 e. The highest BCUT2D eigenvalue weighted by Gasteiger charge is 2.32. The molecular weight excluding hydrogens is 224 g/mol. The predicted molar refractivity (Wildman–Crippen MR) is 70.1 cm³/mol. The zero-order chi connectivity index (χ0) is 12.5. The lowest BCUT2D eigenvalue weighted by molar-refractivity contribution is 0.521. The number of hydrogen-bond donors (Lipinski definition) is 1. The van der Waals surface area contributed by atoms with Crippen molar-refractivity contribution >= 4 is 0 Å². The van der Waals surface area contributed by atoms with Gasteiger partial charge in [0, 0.05) is 12.5 Å². The normalized spacial score (nSPS) is 16.8. The summed E-state index contributed by atoms with van der Waals surface area (Å²) in [6, 6.07) is 10.6. The summed E-state index contributed by atoms with van der Waals surface area (Å²) in [6.45, 7) is 2.64. The lowest BCUT2D eigenvalue weighted by Crippen LogP contribution is -2.12. The quantitative estimate of drug-likeness (QED) is 0.894. The van der Waals surface area contributed by atoms with E-state index in [1.807, 2.05) is 6.07 Å². The molecule has 1 aromatic carbocycles. The Morgan fingerprint density at radius 3 is 2.67 bits per heavy atom. The molecule has 1 heterocycles. The minimum atomic E-state index is 0.217. The third kappa shape index (κ3) is 1.93. The van der Waals surface area contributed by atoms with E-state index in [9.17, 15) is 0 Å². The first kappa shape index (κ1) is 11.4. The maximum Gasteiger partial charge on any atom is 0.0997 e. The van der Waals surface area contributed by atoms with Crippen LogP contribution in [0, 0.1) is 0 Å². The monoisotopic (exact) mass is 242 g/mol. The molecule has 0 radical (unpaired) electrons. The lowest BCUT2D eigenvalue weighted by atomic mass is 10.1. The van der Waals surface area contributed by atoms with Crippen LogP contribution >= 0.6 is 0 Å². The molecule has 2 N–H and O–H groups in total. The number of nitrogens with zero attached hydrogens (tertiary/aromatic N) is 3. The van der Waals surface area contributed by atoms with Gasteiger partial charge in [0.2, 0.25) is 0 Å². The summed E-state index contributed by atoms with van der Waals surface area (Å²) in [5.74, 6) is 0.615. The Morgan fingerprint density at radius 1 is 1.33 bits per heavy atom. The molecule has 1 saturated carbocycles. The molecule has 0 saturated heterocycles. The topological polar surface area (TPSA) is 56.7 Å². The van der Waals surface area contributed by atoms with Gasteiger partial charge >= 0.3 is 0 Å². The van der Waals surface area contributed by atoms with Crippen LogP contribution in [0.5, 0.6) is 0 Å². The minimum absolute atomic E-state index is 0.217. The molecule has 4 heteroatoms. The van der Waals surface area contributed by atoms with Crippen LogP contribution in [0.25, 0.3) is 0 Å². The van der Waals surface area contributed by atoms with Crippen molar-refractivity contribution in [3.8, 4) is 0 Å². The first-order valence-electron chi connectivity index (χ1n) is 6.50. The van der Waals surface area contributed by atoms with Crippen molar-refractivity contribution < 1.29 is 0 Å². The maximum absolute atomic E-state index is 5.75. The van der Waals surface area contributed by atoms with E-state index in [0.29, 0.717) is 12.5 Å². The zero-order valence-corrected chi connectivity index (χ0v) is 10.6. The van der Waals surface area contributed by atoms with Gasteiger partial charge in [0.1, 0.15) is 0 Å². The van der Waals surface area contributed by atoms with Gasteiger partial charge in [0.05, 0.1) is 17.4 Å². The van der Waals surface area contributed by atoms with Crippen LogP contribution in [0.2, 0.25) is 0 Å². The van der Waals surface area contributed by atoms with Gasteiger partial charge in [-0.05, 0) is 25.3 Å². The third-order valence-corrected chi connectivity index (χ3v) is 3.61. The highest BCUT2D eigenvalue weighted by molar-refractivity contribution is 5.25. The first-order chi connectivity index (χ1) is 8.81. The fourth-order valence-corrected chi connectivity index (χ4v) is 2.42. The van der Waals surface area contributed by atoms with Gasteiger partial charge in [-0.15, -0.1) is 5.10 Å². The number of aromatic nitrogens is 3. The van der Waals surface area contributed by atoms with Crippen molar-refractivity contribution in [2.24, 2.45) is 5.73 Å². The molecule has 1 unspecified atom stereocenters. The van der Waals surface area contributed by atoms with Crippen LogP contribution in [-0.4, -0.2) is 15.0 Å². The average molecular weight is 242 g/mol. The number of benzene rings is 1. The molecule has 1 aliphatic carbocycles. The second-order valence-electron chi connectivity index (χ2n) is 4.93. The van der Waals surface area contributed by atoms with Crippen molar-refractivity contribution in [2.75, 3.05) is 0 Å². The smallest absolute Gasteiger partial charge is 0.0997 e. The molecule has 0 spiro atoms. The molecule has 94 valence electrons. The van der Waals surface area contributed by atoms with Crippen molar-refractivity contribution in [1.29, 1.82) is 0 Å². The summed E-state index contributed by atoms with van der Waals surface area (Å²) in [7, 11) is 0. The molecule has 1 aromatic heterocycles. The maximum atomic E-state index is 5.75. The second kappa shape index (κ2) is 4.53. The van der Waals surface area contributed by atoms with E-state index in [-0.39, 0.29) is 6.04 Å². The van der Waals surface area contributed by atoms with Crippen molar-refractivity contribution in [1.82, 2.24) is 15.0 Å². The molecule has 18 heavy (non-hydrogen) atoms. The average Bonchev–Trinajstić information content (AvgIpc) is 3.18. The number of hydrogen-bond acceptors (Lipinski definition) is 3. The lowest BCUT2D eigenvalue weighted by Gasteiger charge is -2.15. The Balaban J connectivity index is 1.99. The Labute approximate surface area is 107 Å². The van der Waals surface area contributed by atoms with Crippen LogP contribution in [-0.2, 0) is 6.54 Å². The molecule has 0 bridgehead atoms. The van der Waals surface area contributed by atoms with Crippen molar-refractivity contribution in [2.45, 2.75) is 38.3 Å². The summed E-state index contributed by atoms with van der Waals surface area (Å²) in [6.07, 6.45) is 2.48. The first-order valence-corrected chi connectivity index (χ1v) is 6.50. The van der Waals surface area contributed by atoms with E-state index in [1.54, 1.807) is 0 Å². The van der Waals surface area contributed by atoms with E-state index in [0.717, 1.165) is 5.69 Å². The van der Waals surface area contributed by atoms with E-state index >= 15 is 0 Å². The Morgan fingerprint density at radius 2 is 2.06 bits per heavy atom. The Kier molecular flexibility index (Phi) is 2.88. The fraction of sp³-hybridized carbons (Fsp3) is 0.429. The van der Waals surface area contributed by atoms with Gasteiger partial charge in [-0.1, -0.05) is 35.5 Å². The molecule has 0 aliphatic heterocycles. The summed E-state index contributed by atoms with van der Waals surface area (Å²) >= 11 is 0. The van der Waals surface area contributed by atoms with E-state index in [2.05, 4.69) is 46.2 Å². The van der Waals surface area contributed by atoms with Gasteiger partial charge in [-0.2, -0.15) is 0 Å². The number of nitrogens with two attached hydrogens (primary N) is 1. The van der Waals surface area contributed by atoms with Crippen LogP contribution in [0.15, 0.2) is 30.3 Å². The molecule has 1 atom stereocenters. The second-order valence-corrected chi connectivity index (χ2v) is 4.93. The van der Waals surface area contributed by atoms with Gasteiger partial charge in [0.25, 0.3) is 0 Å². The predicted octanol–water partition coefficient (Wildman–Crippen LogP) is 2.22. The van der Waals surface area contributed by atoms with Crippen LogP contribution < -0.4 is 5.73 Å². The molecule has 1 fully saturated rings. The van der Waals surface area contributed by atoms with Crippen LogP contribution in [0.4, 0.5) is 0 Å². The Bertz CT molecular complexity index is 528. The molecule has 2 aromatic rings. The molecule has 0 amide bonds. The zero-order valence-electron chi connectivity index (χ0n) is 10.6. The van der Waals surface area contributed by atoms with E-state index < -0.39 is 0 Å². The molecular formula is C14H18N4. The summed E-state index contributed by atoms with van der Waals surface area (Å²) < 4.78 is 2.05. The number of rotatable bonds is 4. The Hall–Kier alpha value is -1.68. The summed E-state index contributed by atoms with van der Waals surface area (Å²) in [4.78, 5) is 0. The highest BCUT2D eigenvalue weighted by atomic mass is 15.4. The molecule has 3 rings (SSSR count). The van der Waals surface area contributed by atoms with Crippen molar-refractivity contribution in [3.63, 3.8) is 0 Å². The highest BCUT2D eigenvalue weighted by Crippen LogP contribution is 2.42. The van der Waals surface area contributed by atoms with Gasteiger partial charge in [-0.3, -0.25) is 0 Å². The summed E-state index contributed by atoms with van der Waals surface area (Å²) in [5, 5.41) is 8.54. The molecule has 4 nitrogen and oxygen atoms in total. The van der Waals surface area contributed by atoms with Gasteiger partial charge in [0.15, 0.2) is 0 Å². The van der Waals surface area contributed by atoms with E-state index in [1.165, 1.54) is 24.1 Å². The minimum Gasteiger partial charge on any atom is -0.325 e. The van der Waals surface area contributed by atoms with Gasteiger partial charge in [-0.25, -0.2) is 4.68 Å². The van der Waals surface area contributed by atoms with Crippen LogP contribution in [0.3, 0.4) is 0 Å². The fourth-order valence-electron chi connectivity index (χ4n) is 2.42.